The van der Waals surface area contributed by atoms with Crippen molar-refractivity contribution in [3.05, 3.63) is 70.5 Å². The van der Waals surface area contributed by atoms with Crippen LogP contribution in [0.2, 0.25) is 10.0 Å². The highest BCUT2D eigenvalue weighted by Gasteiger charge is 2.10. The number of halogens is 2. The van der Waals surface area contributed by atoms with Gasteiger partial charge in [0.1, 0.15) is 5.75 Å². The number of hydrogen-bond acceptors (Lipinski definition) is 5. The van der Waals surface area contributed by atoms with Crippen LogP contribution < -0.4 is 15.4 Å². The highest BCUT2D eigenvalue weighted by atomic mass is 35.5. The fraction of sp³-hybridized carbons (Fsp3) is 0.0556. The SMILES string of the molecule is COc1ccc(Cl)cc1Nc1ncc(C(=O)Nc2ccc(Cl)cc2)cn1. The van der Waals surface area contributed by atoms with Crippen LogP contribution in [0.1, 0.15) is 10.4 Å². The van der Waals surface area contributed by atoms with Crippen LogP contribution >= 0.6 is 23.2 Å². The maximum Gasteiger partial charge on any atom is 0.258 e. The summed E-state index contributed by atoms with van der Waals surface area (Å²) >= 11 is 11.8. The number of hydrogen-bond donors (Lipinski definition) is 2. The molecule has 0 saturated carbocycles. The van der Waals surface area contributed by atoms with Crippen molar-refractivity contribution in [1.29, 1.82) is 0 Å². The molecular formula is C18H14Cl2N4O2. The van der Waals surface area contributed by atoms with Crippen molar-refractivity contribution in [3.63, 3.8) is 0 Å². The van der Waals surface area contributed by atoms with E-state index in [1.54, 1.807) is 49.6 Å². The van der Waals surface area contributed by atoms with Crippen LogP contribution in [0.5, 0.6) is 5.75 Å². The van der Waals surface area contributed by atoms with Gasteiger partial charge in [0.25, 0.3) is 5.91 Å². The van der Waals surface area contributed by atoms with Crippen LogP contribution in [0.3, 0.4) is 0 Å². The molecule has 1 heterocycles. The minimum absolute atomic E-state index is 0.314. The molecule has 132 valence electrons. The zero-order chi connectivity index (χ0) is 18.5. The summed E-state index contributed by atoms with van der Waals surface area (Å²) < 4.78 is 5.26. The molecule has 0 saturated heterocycles. The number of carbonyl (C=O) groups is 1. The lowest BCUT2D eigenvalue weighted by atomic mass is 10.2. The van der Waals surface area contributed by atoms with Gasteiger partial charge in [-0.3, -0.25) is 4.79 Å². The lowest BCUT2D eigenvalue weighted by Gasteiger charge is -2.10. The van der Waals surface area contributed by atoms with Gasteiger partial charge in [0.05, 0.1) is 18.4 Å². The minimum atomic E-state index is -0.320. The summed E-state index contributed by atoms with van der Waals surface area (Å²) in [6.07, 6.45) is 2.86. The molecule has 26 heavy (non-hydrogen) atoms. The van der Waals surface area contributed by atoms with Crippen LogP contribution in [-0.2, 0) is 0 Å². The first-order valence-corrected chi connectivity index (χ1v) is 8.30. The molecule has 1 aromatic heterocycles. The molecule has 6 nitrogen and oxygen atoms in total. The summed E-state index contributed by atoms with van der Waals surface area (Å²) in [7, 11) is 1.56. The second-order valence-corrected chi connectivity index (χ2v) is 6.10. The van der Waals surface area contributed by atoms with Crippen LogP contribution in [0, 0.1) is 0 Å². The summed E-state index contributed by atoms with van der Waals surface area (Å²) in [4.78, 5) is 20.5. The molecular weight excluding hydrogens is 375 g/mol. The van der Waals surface area contributed by atoms with Gasteiger partial charge < -0.3 is 15.4 Å². The number of nitrogens with one attached hydrogen (secondary N) is 2. The van der Waals surface area contributed by atoms with Crippen LogP contribution in [0.25, 0.3) is 0 Å². The van der Waals surface area contributed by atoms with Crippen molar-refractivity contribution in [2.75, 3.05) is 17.7 Å². The van der Waals surface area contributed by atoms with E-state index in [-0.39, 0.29) is 5.91 Å². The molecule has 0 atom stereocenters. The minimum Gasteiger partial charge on any atom is -0.495 e. The number of carbonyl (C=O) groups excluding carboxylic acids is 1. The summed E-state index contributed by atoms with van der Waals surface area (Å²) in [5, 5.41) is 6.90. The number of anilines is 3. The van der Waals surface area contributed by atoms with Crippen molar-refractivity contribution in [1.82, 2.24) is 9.97 Å². The Morgan fingerprint density at radius 2 is 1.65 bits per heavy atom. The number of ether oxygens (including phenoxy) is 1. The largest absolute Gasteiger partial charge is 0.495 e. The molecule has 0 aliphatic carbocycles. The summed E-state index contributed by atoms with van der Waals surface area (Å²) in [6, 6.07) is 12.0. The first-order chi connectivity index (χ1) is 12.5. The van der Waals surface area contributed by atoms with Gasteiger partial charge in [0.2, 0.25) is 5.95 Å². The number of methoxy groups -OCH3 is 1. The first-order valence-electron chi connectivity index (χ1n) is 7.54. The highest BCUT2D eigenvalue weighted by molar-refractivity contribution is 6.31. The van der Waals surface area contributed by atoms with Gasteiger partial charge in [-0.25, -0.2) is 9.97 Å². The highest BCUT2D eigenvalue weighted by Crippen LogP contribution is 2.29. The van der Waals surface area contributed by atoms with Crippen molar-refractivity contribution < 1.29 is 9.53 Å². The molecule has 0 aliphatic rings. The lowest BCUT2D eigenvalue weighted by molar-refractivity contribution is 0.102. The molecule has 3 rings (SSSR count). The molecule has 0 aliphatic heterocycles. The fourth-order valence-corrected chi connectivity index (χ4v) is 2.44. The topological polar surface area (TPSA) is 76.1 Å². The predicted molar refractivity (Wildman–Crippen MR) is 103 cm³/mol. The molecule has 0 unspecified atom stereocenters. The van der Waals surface area contributed by atoms with E-state index in [9.17, 15) is 4.79 Å². The Kier molecular flexibility index (Phi) is 5.55. The molecule has 3 aromatic rings. The maximum atomic E-state index is 12.2. The smallest absolute Gasteiger partial charge is 0.258 e. The third kappa shape index (κ3) is 4.41. The molecule has 0 bridgehead atoms. The molecule has 1 amide bonds. The van der Waals surface area contributed by atoms with Gasteiger partial charge in [-0.05, 0) is 42.5 Å². The van der Waals surface area contributed by atoms with E-state index in [0.717, 1.165) is 0 Å². The number of amides is 1. The molecule has 0 fully saturated rings. The van der Waals surface area contributed by atoms with Gasteiger partial charge >= 0.3 is 0 Å². The van der Waals surface area contributed by atoms with Gasteiger partial charge in [-0.15, -0.1) is 0 Å². The van der Waals surface area contributed by atoms with E-state index >= 15 is 0 Å². The number of benzene rings is 2. The Bertz CT molecular complexity index is 915. The average molecular weight is 389 g/mol. The Morgan fingerprint density at radius 3 is 2.31 bits per heavy atom. The van der Waals surface area contributed by atoms with Crippen LogP contribution in [-0.4, -0.2) is 23.0 Å². The second kappa shape index (κ2) is 8.03. The quantitative estimate of drug-likeness (QED) is 0.656. The van der Waals surface area contributed by atoms with Gasteiger partial charge in [0, 0.05) is 28.1 Å². The van der Waals surface area contributed by atoms with E-state index < -0.39 is 0 Å². The number of rotatable bonds is 5. The van der Waals surface area contributed by atoms with Crippen molar-refractivity contribution in [3.8, 4) is 5.75 Å². The first kappa shape index (κ1) is 18.0. The molecule has 2 N–H and O–H groups in total. The van der Waals surface area contributed by atoms with Gasteiger partial charge in [0.15, 0.2) is 0 Å². The van der Waals surface area contributed by atoms with E-state index in [4.69, 9.17) is 27.9 Å². The summed E-state index contributed by atoms with van der Waals surface area (Å²) in [6.45, 7) is 0. The van der Waals surface area contributed by atoms with E-state index in [1.807, 2.05) is 0 Å². The fourth-order valence-electron chi connectivity index (χ4n) is 2.14. The van der Waals surface area contributed by atoms with Crippen molar-refractivity contribution in [2.45, 2.75) is 0 Å². The molecule has 2 aromatic carbocycles. The molecule has 8 heteroatoms. The Balaban J connectivity index is 1.71. The predicted octanol–water partition coefficient (Wildman–Crippen LogP) is 4.79. The lowest BCUT2D eigenvalue weighted by Crippen LogP contribution is -2.13. The standard InChI is InChI=1S/C18H14Cl2N4O2/c1-26-16-7-4-13(20)8-15(16)24-18-21-9-11(10-22-18)17(25)23-14-5-2-12(19)3-6-14/h2-10H,1H3,(H,23,25)(H,21,22,24). The number of aromatic nitrogens is 2. The van der Waals surface area contributed by atoms with Crippen molar-refractivity contribution >= 4 is 46.4 Å². The molecule has 0 radical (unpaired) electrons. The van der Waals surface area contributed by atoms with Crippen molar-refractivity contribution in [2.24, 2.45) is 0 Å². The Morgan fingerprint density at radius 1 is 1.00 bits per heavy atom. The Hall–Kier alpha value is -2.83. The molecule has 0 spiro atoms. The number of nitrogens with zero attached hydrogens (tertiary/aromatic N) is 2. The zero-order valence-corrected chi connectivity index (χ0v) is 15.2. The summed E-state index contributed by atoms with van der Waals surface area (Å²) in [5.41, 5.74) is 1.58. The van der Waals surface area contributed by atoms with E-state index in [0.29, 0.717) is 38.7 Å². The average Bonchev–Trinajstić information content (AvgIpc) is 2.64. The van der Waals surface area contributed by atoms with Gasteiger partial charge in [-0.2, -0.15) is 0 Å². The van der Waals surface area contributed by atoms with Crippen LogP contribution in [0.15, 0.2) is 54.9 Å². The summed E-state index contributed by atoms with van der Waals surface area (Å²) in [5.74, 6) is 0.593. The van der Waals surface area contributed by atoms with E-state index in [1.165, 1.54) is 12.4 Å². The van der Waals surface area contributed by atoms with Gasteiger partial charge in [-0.1, -0.05) is 23.2 Å². The normalized spacial score (nSPS) is 10.3. The maximum absolute atomic E-state index is 12.2. The zero-order valence-electron chi connectivity index (χ0n) is 13.7. The third-order valence-corrected chi connectivity index (χ3v) is 3.91. The van der Waals surface area contributed by atoms with Crippen LogP contribution in [0.4, 0.5) is 17.3 Å². The second-order valence-electron chi connectivity index (χ2n) is 5.23. The third-order valence-electron chi connectivity index (χ3n) is 3.42. The monoisotopic (exact) mass is 388 g/mol. The Labute approximate surface area is 160 Å². The van der Waals surface area contributed by atoms with E-state index in [2.05, 4.69) is 20.6 Å².